The van der Waals surface area contributed by atoms with E-state index in [-0.39, 0.29) is 36.5 Å². The summed E-state index contributed by atoms with van der Waals surface area (Å²) in [5.41, 5.74) is 0. The van der Waals surface area contributed by atoms with Gasteiger partial charge < -0.3 is 20.5 Å². The van der Waals surface area contributed by atoms with Crippen molar-refractivity contribution in [2.75, 3.05) is 13.2 Å². The molecule has 5 nitrogen and oxygen atoms in total. The van der Waals surface area contributed by atoms with Crippen LogP contribution in [0.5, 0.6) is 5.75 Å². The number of amides is 2. The molecule has 0 aliphatic rings. The highest BCUT2D eigenvalue weighted by molar-refractivity contribution is 5.74. The van der Waals surface area contributed by atoms with Crippen molar-refractivity contribution in [3.05, 3.63) is 30.1 Å². The van der Waals surface area contributed by atoms with E-state index in [0.717, 1.165) is 0 Å². The first-order valence-electron chi connectivity index (χ1n) is 7.49. The zero-order chi connectivity index (χ0) is 16.5. The maximum Gasteiger partial charge on any atom is 0.315 e. The minimum atomic E-state index is -0.362. The lowest BCUT2D eigenvalue weighted by Crippen LogP contribution is -2.47. The van der Waals surface area contributed by atoms with E-state index >= 15 is 0 Å². The third kappa shape index (κ3) is 6.76. The highest BCUT2D eigenvalue weighted by atomic mass is 19.1. The highest BCUT2D eigenvalue weighted by Gasteiger charge is 2.16. The number of rotatable bonds is 8. The van der Waals surface area contributed by atoms with Crippen LogP contribution in [0.25, 0.3) is 0 Å². The molecule has 2 atom stereocenters. The fraction of sp³-hybridized carbons (Fsp3) is 0.562. The van der Waals surface area contributed by atoms with E-state index in [1.807, 2.05) is 13.8 Å². The molecule has 1 rings (SSSR count). The summed E-state index contributed by atoms with van der Waals surface area (Å²) >= 11 is 0. The van der Waals surface area contributed by atoms with Crippen molar-refractivity contribution in [3.8, 4) is 5.75 Å². The lowest BCUT2D eigenvalue weighted by atomic mass is 10.0. The number of hydrogen-bond acceptors (Lipinski definition) is 3. The molecule has 1 aromatic rings. The Hall–Kier alpha value is -1.82. The third-order valence-electron chi connectivity index (χ3n) is 3.24. The number of hydrogen-bond donors (Lipinski definition) is 3. The zero-order valence-electron chi connectivity index (χ0n) is 13.3. The maximum absolute atomic E-state index is 13.0. The summed E-state index contributed by atoms with van der Waals surface area (Å²) in [5, 5.41) is 14.5. The molecular weight excluding hydrogens is 287 g/mol. The van der Waals surface area contributed by atoms with Crippen molar-refractivity contribution >= 4 is 6.03 Å². The lowest BCUT2D eigenvalue weighted by Gasteiger charge is -2.22. The first kappa shape index (κ1) is 18.2. The van der Waals surface area contributed by atoms with E-state index in [9.17, 15) is 9.18 Å². The van der Waals surface area contributed by atoms with E-state index in [1.165, 1.54) is 12.1 Å². The molecular formula is C16H25FN2O3. The number of halogens is 1. The molecule has 0 radical (unpaired) electrons. The zero-order valence-corrected chi connectivity index (χ0v) is 13.3. The van der Waals surface area contributed by atoms with Gasteiger partial charge in [-0.3, -0.25) is 0 Å². The molecule has 0 fully saturated rings. The highest BCUT2D eigenvalue weighted by Crippen LogP contribution is 2.13. The standard InChI is InChI=1S/C16H25FN2O3/c1-11(2)15(7-8-20)19-16(21)18-10-12(3)22-14-6-4-5-13(17)9-14/h4-6,9,11-12,15,20H,7-8,10H2,1-3H3,(H2,18,19,21). The molecule has 0 aromatic heterocycles. The van der Waals surface area contributed by atoms with Crippen molar-refractivity contribution in [2.24, 2.45) is 5.92 Å². The van der Waals surface area contributed by atoms with Gasteiger partial charge in [-0.15, -0.1) is 0 Å². The normalized spacial score (nSPS) is 13.5. The Morgan fingerprint density at radius 3 is 2.68 bits per heavy atom. The van der Waals surface area contributed by atoms with Gasteiger partial charge in [-0.1, -0.05) is 19.9 Å². The second kappa shape index (κ2) is 9.25. The Labute approximate surface area is 130 Å². The van der Waals surface area contributed by atoms with E-state index in [2.05, 4.69) is 10.6 Å². The quantitative estimate of drug-likeness (QED) is 0.690. The van der Waals surface area contributed by atoms with Crippen molar-refractivity contribution in [1.29, 1.82) is 0 Å². The molecule has 0 aliphatic heterocycles. The topological polar surface area (TPSA) is 70.6 Å². The molecule has 1 aromatic carbocycles. The summed E-state index contributed by atoms with van der Waals surface area (Å²) in [7, 11) is 0. The monoisotopic (exact) mass is 312 g/mol. The molecule has 0 spiro atoms. The van der Waals surface area contributed by atoms with Crippen LogP contribution in [0.4, 0.5) is 9.18 Å². The second-order valence-electron chi connectivity index (χ2n) is 5.60. The van der Waals surface area contributed by atoms with Crippen LogP contribution >= 0.6 is 0 Å². The number of aliphatic hydroxyl groups is 1. The fourth-order valence-corrected chi connectivity index (χ4v) is 1.98. The van der Waals surface area contributed by atoms with Gasteiger partial charge in [-0.05, 0) is 31.4 Å². The second-order valence-corrected chi connectivity index (χ2v) is 5.60. The summed E-state index contributed by atoms with van der Waals surface area (Å²) in [6, 6.07) is 5.49. The predicted molar refractivity (Wildman–Crippen MR) is 83.4 cm³/mol. The van der Waals surface area contributed by atoms with Crippen LogP contribution in [0.1, 0.15) is 27.2 Å². The average Bonchev–Trinajstić information content (AvgIpc) is 2.44. The minimum absolute atomic E-state index is 0.0300. The molecule has 0 saturated carbocycles. The van der Waals surface area contributed by atoms with Gasteiger partial charge >= 0.3 is 6.03 Å². The Bertz CT molecular complexity index is 468. The van der Waals surface area contributed by atoms with E-state index in [1.54, 1.807) is 19.1 Å². The molecule has 124 valence electrons. The largest absolute Gasteiger partial charge is 0.489 e. The van der Waals surface area contributed by atoms with Crippen molar-refractivity contribution in [1.82, 2.24) is 10.6 Å². The summed E-state index contributed by atoms with van der Waals surface area (Å²) in [5.74, 6) is 0.299. The SMILES string of the molecule is CC(CNC(=O)NC(CCO)C(C)C)Oc1cccc(F)c1. The molecule has 0 saturated heterocycles. The third-order valence-corrected chi connectivity index (χ3v) is 3.24. The summed E-state index contributed by atoms with van der Waals surface area (Å²) in [6.07, 6.45) is 0.225. The Morgan fingerprint density at radius 1 is 1.36 bits per heavy atom. The van der Waals surface area contributed by atoms with Crippen LogP contribution in [0, 0.1) is 11.7 Å². The number of ether oxygens (including phenoxy) is 1. The Balaban J connectivity index is 2.36. The summed E-state index contributed by atoms with van der Waals surface area (Å²) < 4.78 is 18.6. The Kier molecular flexibility index (Phi) is 7.66. The number of urea groups is 1. The number of benzene rings is 1. The van der Waals surface area contributed by atoms with Gasteiger partial charge in [0.15, 0.2) is 0 Å². The van der Waals surface area contributed by atoms with Gasteiger partial charge in [0, 0.05) is 18.7 Å². The first-order valence-corrected chi connectivity index (χ1v) is 7.49. The Morgan fingerprint density at radius 2 is 2.09 bits per heavy atom. The lowest BCUT2D eigenvalue weighted by molar-refractivity contribution is 0.199. The van der Waals surface area contributed by atoms with Gasteiger partial charge in [0.1, 0.15) is 17.7 Å². The van der Waals surface area contributed by atoms with E-state index in [4.69, 9.17) is 9.84 Å². The minimum Gasteiger partial charge on any atom is -0.489 e. The molecule has 22 heavy (non-hydrogen) atoms. The smallest absolute Gasteiger partial charge is 0.315 e. The molecule has 2 unspecified atom stereocenters. The number of carbonyl (C=O) groups excluding carboxylic acids is 1. The van der Waals surface area contributed by atoms with Gasteiger partial charge in [-0.25, -0.2) is 9.18 Å². The van der Waals surface area contributed by atoms with Crippen molar-refractivity contribution in [2.45, 2.75) is 39.3 Å². The maximum atomic E-state index is 13.0. The predicted octanol–water partition coefficient (Wildman–Crippen LogP) is 2.30. The fourth-order valence-electron chi connectivity index (χ4n) is 1.98. The summed E-state index contributed by atoms with van der Waals surface area (Å²) in [6.45, 7) is 6.08. The van der Waals surface area contributed by atoms with E-state index in [0.29, 0.717) is 18.7 Å². The van der Waals surface area contributed by atoms with Gasteiger partial charge in [-0.2, -0.15) is 0 Å². The summed E-state index contributed by atoms with van der Waals surface area (Å²) in [4.78, 5) is 11.8. The van der Waals surface area contributed by atoms with Gasteiger partial charge in [0.25, 0.3) is 0 Å². The van der Waals surface area contributed by atoms with Crippen LogP contribution in [-0.4, -0.2) is 36.4 Å². The van der Waals surface area contributed by atoms with Crippen LogP contribution in [0.15, 0.2) is 24.3 Å². The van der Waals surface area contributed by atoms with Crippen LogP contribution in [0.2, 0.25) is 0 Å². The van der Waals surface area contributed by atoms with Crippen LogP contribution in [0.3, 0.4) is 0 Å². The number of nitrogens with one attached hydrogen (secondary N) is 2. The van der Waals surface area contributed by atoms with Crippen LogP contribution in [-0.2, 0) is 0 Å². The van der Waals surface area contributed by atoms with Crippen molar-refractivity contribution in [3.63, 3.8) is 0 Å². The number of carbonyl (C=O) groups is 1. The first-order chi connectivity index (χ1) is 10.4. The molecule has 0 aliphatic carbocycles. The average molecular weight is 312 g/mol. The molecule has 6 heteroatoms. The number of aliphatic hydroxyl groups excluding tert-OH is 1. The van der Waals surface area contributed by atoms with Gasteiger partial charge in [0.05, 0.1) is 6.54 Å². The molecule has 0 bridgehead atoms. The van der Waals surface area contributed by atoms with Crippen LogP contribution < -0.4 is 15.4 Å². The molecule has 0 heterocycles. The van der Waals surface area contributed by atoms with Crippen molar-refractivity contribution < 1.29 is 19.0 Å². The van der Waals surface area contributed by atoms with E-state index < -0.39 is 0 Å². The molecule has 2 amide bonds. The molecule has 3 N–H and O–H groups in total. The van der Waals surface area contributed by atoms with Gasteiger partial charge in [0.2, 0.25) is 0 Å².